The molecular formula is C12H13N2O2+. The van der Waals surface area contributed by atoms with Gasteiger partial charge >= 0.3 is 0 Å². The average molecular weight is 217 g/mol. The van der Waals surface area contributed by atoms with Gasteiger partial charge in [0.05, 0.1) is 12.0 Å². The van der Waals surface area contributed by atoms with Crippen LogP contribution in [0.15, 0.2) is 30.0 Å². The topological polar surface area (TPSA) is 43.5 Å². The van der Waals surface area contributed by atoms with Crippen LogP contribution in [0.25, 0.3) is 6.08 Å². The zero-order valence-corrected chi connectivity index (χ0v) is 9.00. The summed E-state index contributed by atoms with van der Waals surface area (Å²) >= 11 is 0. The summed E-state index contributed by atoms with van der Waals surface area (Å²) in [4.78, 5) is 12.6. The predicted molar refractivity (Wildman–Crippen MR) is 59.0 cm³/mol. The van der Waals surface area contributed by atoms with E-state index in [1.165, 1.54) is 10.6 Å². The highest BCUT2D eigenvalue weighted by Gasteiger charge is 2.51. The molecule has 1 saturated heterocycles. The minimum absolute atomic E-state index is 0.0996. The highest BCUT2D eigenvalue weighted by molar-refractivity contribution is 5.59. The van der Waals surface area contributed by atoms with Crippen LogP contribution in [0.1, 0.15) is 11.1 Å². The fraction of sp³-hybridized carbons (Fsp3) is 0.333. The third-order valence-electron chi connectivity index (χ3n) is 3.43. The number of hydrogen-bond donors (Lipinski definition) is 1. The van der Waals surface area contributed by atoms with Gasteiger partial charge in [0.15, 0.2) is 11.1 Å². The molecule has 0 amide bonds. The van der Waals surface area contributed by atoms with Gasteiger partial charge in [-0.05, 0) is 17.5 Å². The normalized spacial score (nSPS) is 27.5. The van der Waals surface area contributed by atoms with Crippen LogP contribution in [0.4, 0.5) is 0 Å². The summed E-state index contributed by atoms with van der Waals surface area (Å²) in [7, 11) is 1.61. The number of fused-ring (bicyclic) bond motifs is 2. The number of hydrogen-bond acceptors (Lipinski definition) is 2. The van der Waals surface area contributed by atoms with Gasteiger partial charge in [-0.1, -0.05) is 24.3 Å². The number of aliphatic hydroxyl groups excluding tert-OH is 1. The fourth-order valence-corrected chi connectivity index (χ4v) is 2.47. The van der Waals surface area contributed by atoms with E-state index in [0.29, 0.717) is 5.70 Å². The summed E-state index contributed by atoms with van der Waals surface area (Å²) in [5.41, 5.74) is 2.94. The number of hydrazine groups is 1. The molecule has 0 radical (unpaired) electrons. The minimum Gasteiger partial charge on any atom is -0.368 e. The van der Waals surface area contributed by atoms with Crippen LogP contribution in [0.5, 0.6) is 0 Å². The third kappa shape index (κ3) is 1.13. The molecule has 1 fully saturated rings. The molecule has 0 spiro atoms. The number of benzene rings is 1. The lowest BCUT2D eigenvalue weighted by Gasteiger charge is -2.16. The first kappa shape index (κ1) is 9.54. The van der Waals surface area contributed by atoms with E-state index in [9.17, 15) is 10.0 Å². The molecule has 16 heavy (non-hydrogen) atoms. The van der Waals surface area contributed by atoms with Crippen molar-refractivity contribution >= 4 is 6.08 Å². The second-order valence-corrected chi connectivity index (χ2v) is 4.34. The van der Waals surface area contributed by atoms with Gasteiger partial charge in [0.2, 0.25) is 0 Å². The van der Waals surface area contributed by atoms with Crippen molar-refractivity contribution < 1.29 is 9.98 Å². The Kier molecular flexibility index (Phi) is 1.88. The molecule has 2 unspecified atom stereocenters. The van der Waals surface area contributed by atoms with Gasteiger partial charge in [-0.15, -0.1) is 5.01 Å². The van der Waals surface area contributed by atoms with Crippen molar-refractivity contribution in [2.75, 3.05) is 7.05 Å². The Morgan fingerprint density at radius 1 is 1.44 bits per heavy atom. The lowest BCUT2D eigenvalue weighted by atomic mass is 9.87. The van der Waals surface area contributed by atoms with E-state index in [2.05, 4.69) is 0 Å². The standard InChI is InChI=1S/C12H13N2O2/c1-13-12(15)10-6-8-4-2-3-5-9(8)7-11(10)14(13)16/h2-5,7,10,12,15H,6H2,1H3/q+1. The zero-order chi connectivity index (χ0) is 11.3. The highest BCUT2D eigenvalue weighted by Crippen LogP contribution is 2.36. The van der Waals surface area contributed by atoms with Gasteiger partial charge in [-0.2, -0.15) is 0 Å². The van der Waals surface area contributed by atoms with Crippen molar-refractivity contribution in [3.8, 4) is 0 Å². The summed E-state index contributed by atoms with van der Waals surface area (Å²) < 4.78 is 0. The summed E-state index contributed by atoms with van der Waals surface area (Å²) in [5.74, 6) is -0.0996. The summed E-state index contributed by atoms with van der Waals surface area (Å²) in [5, 5.41) is 11.3. The lowest BCUT2D eigenvalue weighted by Crippen LogP contribution is -2.32. The number of nitrogens with zero attached hydrogens (tertiary/aromatic N) is 2. The first-order valence-electron chi connectivity index (χ1n) is 5.36. The molecule has 0 saturated carbocycles. The van der Waals surface area contributed by atoms with Crippen LogP contribution in [-0.2, 0) is 6.42 Å². The molecule has 0 aromatic heterocycles. The molecule has 82 valence electrons. The number of nitroso groups, excluding NO2 is 1. The van der Waals surface area contributed by atoms with Crippen LogP contribution in [0.2, 0.25) is 0 Å². The molecule has 1 N–H and O–H groups in total. The second-order valence-electron chi connectivity index (χ2n) is 4.34. The van der Waals surface area contributed by atoms with Gasteiger partial charge in [-0.25, -0.2) is 0 Å². The summed E-state index contributed by atoms with van der Waals surface area (Å²) in [6, 6.07) is 7.98. The molecule has 3 rings (SSSR count). The van der Waals surface area contributed by atoms with E-state index in [4.69, 9.17) is 0 Å². The first-order valence-corrected chi connectivity index (χ1v) is 5.36. The predicted octanol–water partition coefficient (Wildman–Crippen LogP) is 1.16. The van der Waals surface area contributed by atoms with Gasteiger partial charge in [0.1, 0.15) is 5.92 Å². The number of rotatable bonds is 0. The van der Waals surface area contributed by atoms with Gasteiger partial charge in [0, 0.05) is 6.08 Å². The maximum atomic E-state index is 11.8. The van der Waals surface area contributed by atoms with E-state index in [-0.39, 0.29) is 5.92 Å². The van der Waals surface area contributed by atoms with Gasteiger partial charge < -0.3 is 5.11 Å². The molecule has 1 aromatic rings. The first-order chi connectivity index (χ1) is 7.68. The van der Waals surface area contributed by atoms with Crippen LogP contribution in [0, 0.1) is 10.8 Å². The summed E-state index contributed by atoms with van der Waals surface area (Å²) in [6.07, 6.45) is 1.90. The van der Waals surface area contributed by atoms with Crippen LogP contribution < -0.4 is 0 Å². The Balaban J connectivity index is 2.11. The zero-order valence-electron chi connectivity index (χ0n) is 9.00. The molecule has 4 nitrogen and oxygen atoms in total. The Morgan fingerprint density at radius 3 is 3.00 bits per heavy atom. The quantitative estimate of drug-likeness (QED) is 0.663. The van der Waals surface area contributed by atoms with Crippen molar-refractivity contribution in [1.82, 2.24) is 5.01 Å². The maximum Gasteiger partial charge on any atom is 0.277 e. The molecule has 2 atom stereocenters. The van der Waals surface area contributed by atoms with Crippen LogP contribution >= 0.6 is 0 Å². The molecule has 1 aliphatic heterocycles. The van der Waals surface area contributed by atoms with Crippen molar-refractivity contribution in [3.05, 3.63) is 46.0 Å². The Bertz CT molecular complexity index is 496. The van der Waals surface area contributed by atoms with Crippen molar-refractivity contribution in [2.45, 2.75) is 12.6 Å². The Morgan fingerprint density at radius 2 is 2.19 bits per heavy atom. The smallest absolute Gasteiger partial charge is 0.277 e. The van der Waals surface area contributed by atoms with E-state index >= 15 is 0 Å². The SMILES string of the molecule is CN1C(O)C2Cc3ccccc3C=C2[N+]1=O. The largest absolute Gasteiger partial charge is 0.368 e. The van der Waals surface area contributed by atoms with Crippen LogP contribution in [0.3, 0.4) is 0 Å². The lowest BCUT2D eigenvalue weighted by molar-refractivity contribution is -0.656. The highest BCUT2D eigenvalue weighted by atomic mass is 16.4. The van der Waals surface area contributed by atoms with Crippen molar-refractivity contribution in [3.63, 3.8) is 0 Å². The van der Waals surface area contributed by atoms with Crippen molar-refractivity contribution in [1.29, 1.82) is 0 Å². The van der Waals surface area contributed by atoms with E-state index in [1.54, 1.807) is 7.05 Å². The molecule has 2 aliphatic rings. The maximum absolute atomic E-state index is 11.8. The fourth-order valence-electron chi connectivity index (χ4n) is 2.47. The Labute approximate surface area is 93.3 Å². The Hall–Kier alpha value is -1.68. The van der Waals surface area contributed by atoms with E-state index in [0.717, 1.165) is 16.9 Å². The van der Waals surface area contributed by atoms with Gasteiger partial charge in [-0.3, -0.25) is 0 Å². The average Bonchev–Trinajstić information content (AvgIpc) is 2.52. The number of aliphatic hydroxyl groups is 1. The minimum atomic E-state index is -0.711. The molecule has 1 aromatic carbocycles. The van der Waals surface area contributed by atoms with Crippen LogP contribution in [-0.4, -0.2) is 28.3 Å². The summed E-state index contributed by atoms with van der Waals surface area (Å²) in [6.45, 7) is 0. The van der Waals surface area contributed by atoms with E-state index in [1.807, 2.05) is 30.3 Å². The van der Waals surface area contributed by atoms with Crippen molar-refractivity contribution in [2.24, 2.45) is 5.92 Å². The molecule has 0 bridgehead atoms. The van der Waals surface area contributed by atoms with Gasteiger partial charge in [0.25, 0.3) is 5.70 Å². The monoisotopic (exact) mass is 217 g/mol. The molecule has 4 heteroatoms. The molecule has 1 aliphatic carbocycles. The second kappa shape index (κ2) is 3.15. The van der Waals surface area contributed by atoms with E-state index < -0.39 is 6.23 Å². The molecular weight excluding hydrogens is 204 g/mol. The third-order valence-corrected chi connectivity index (χ3v) is 3.43. The molecule has 1 heterocycles.